The van der Waals surface area contributed by atoms with Gasteiger partial charge in [0.15, 0.2) is 35.7 Å². The average molecular weight is 575 g/mol. The minimum absolute atomic E-state index is 0. The Bertz CT molecular complexity index is 1800. The van der Waals surface area contributed by atoms with Gasteiger partial charge in [0.1, 0.15) is 0 Å². The number of para-hydroxylation sites is 1. The molecule has 0 saturated heterocycles. The molecule has 4 aromatic carbocycles. The number of pyridine rings is 1. The number of nitrogens with zero attached hydrogens (tertiary/aromatic N) is 2. The van der Waals surface area contributed by atoms with Gasteiger partial charge < -0.3 is 35.9 Å². The van der Waals surface area contributed by atoms with Gasteiger partial charge in [-0.3, -0.25) is 10.1 Å². The lowest BCUT2D eigenvalue weighted by atomic mass is 9.88. The number of benzene rings is 4. The molecule has 2 aliphatic heterocycles. The van der Waals surface area contributed by atoms with Crippen molar-refractivity contribution in [2.45, 2.75) is 19.4 Å². The Morgan fingerprint density at radius 2 is 1.82 bits per heavy atom. The highest BCUT2D eigenvalue weighted by molar-refractivity contribution is 6.18. The first-order valence-electron chi connectivity index (χ1n) is 12.1. The molecule has 0 amide bonds. The summed E-state index contributed by atoms with van der Waals surface area (Å²) in [5.74, 6) is 2.78. The summed E-state index contributed by atoms with van der Waals surface area (Å²) in [5.41, 5.74) is 4.01. The van der Waals surface area contributed by atoms with Crippen molar-refractivity contribution in [3.8, 4) is 23.0 Å². The first-order valence-corrected chi connectivity index (χ1v) is 12.1. The Kier molecular flexibility index (Phi) is 5.75. The van der Waals surface area contributed by atoms with Crippen LogP contribution in [0.5, 0.6) is 23.0 Å². The Hall–Kier alpha value is -4.11. The number of nitro groups is 1. The van der Waals surface area contributed by atoms with Crippen LogP contribution in [-0.2, 0) is 19.4 Å². The molecule has 1 aromatic heterocycles. The van der Waals surface area contributed by atoms with Crippen LogP contribution in [0.1, 0.15) is 16.7 Å². The first kappa shape index (κ1) is 24.2. The number of rotatable bonds is 5. The molecule has 0 atom stereocenters. The van der Waals surface area contributed by atoms with Gasteiger partial charge >= 0.3 is 0 Å². The van der Waals surface area contributed by atoms with Crippen LogP contribution in [0.4, 0.5) is 5.69 Å². The number of nitro benzene ring substituents is 1. The van der Waals surface area contributed by atoms with Crippen LogP contribution in [0, 0.1) is 10.1 Å². The highest BCUT2D eigenvalue weighted by Gasteiger charge is 2.32. The van der Waals surface area contributed by atoms with Crippen molar-refractivity contribution < 1.29 is 45.4 Å². The van der Waals surface area contributed by atoms with Crippen molar-refractivity contribution in [2.75, 3.05) is 21.0 Å². The predicted molar refractivity (Wildman–Crippen MR) is 138 cm³/mol. The van der Waals surface area contributed by atoms with E-state index in [-0.39, 0.29) is 34.4 Å². The topological polar surface area (TPSA) is 83.9 Å². The average Bonchev–Trinajstić information content (AvgIpc) is 3.39. The van der Waals surface area contributed by atoms with Crippen molar-refractivity contribution in [1.82, 2.24) is 0 Å². The lowest BCUT2D eigenvalue weighted by molar-refractivity contribution is -0.670. The molecule has 192 valence electrons. The molecule has 0 spiro atoms. The monoisotopic (exact) mass is 574 g/mol. The van der Waals surface area contributed by atoms with Gasteiger partial charge in [0.05, 0.1) is 35.3 Å². The van der Waals surface area contributed by atoms with Crippen LogP contribution in [-0.4, -0.2) is 25.9 Å². The third-order valence-electron chi connectivity index (χ3n) is 7.51. The number of aromatic nitrogens is 1. The van der Waals surface area contributed by atoms with Crippen LogP contribution in [0.3, 0.4) is 0 Å². The van der Waals surface area contributed by atoms with Crippen molar-refractivity contribution in [1.29, 1.82) is 0 Å². The molecule has 5 aromatic rings. The molecule has 0 fully saturated rings. The van der Waals surface area contributed by atoms with E-state index in [4.69, 9.17) is 18.9 Å². The Labute approximate surface area is 228 Å². The van der Waals surface area contributed by atoms with Crippen LogP contribution in [0.25, 0.3) is 32.4 Å². The van der Waals surface area contributed by atoms with Crippen LogP contribution in [0.2, 0.25) is 0 Å². The molecule has 8 nitrogen and oxygen atoms in total. The zero-order valence-corrected chi connectivity index (χ0v) is 22.3. The quantitative estimate of drug-likeness (QED) is 0.138. The number of methoxy groups -OCH3 is 2. The van der Waals surface area contributed by atoms with Gasteiger partial charge in [0, 0.05) is 35.2 Å². The van der Waals surface area contributed by atoms with E-state index < -0.39 is 0 Å². The second kappa shape index (κ2) is 9.02. The maximum Gasteiger partial charge on any atom is 0.272 e. The Morgan fingerprint density at radius 1 is 0.974 bits per heavy atom. The predicted octanol–water partition coefficient (Wildman–Crippen LogP) is 2.24. The fourth-order valence-electron chi connectivity index (χ4n) is 5.96. The molecule has 0 N–H and O–H groups in total. The van der Waals surface area contributed by atoms with Gasteiger partial charge in [-0.1, -0.05) is 18.2 Å². The first-order chi connectivity index (χ1) is 18.1. The fourth-order valence-corrected chi connectivity index (χ4v) is 5.96. The summed E-state index contributed by atoms with van der Waals surface area (Å²) in [5, 5.41) is 16.9. The number of hydrogen-bond acceptors (Lipinski definition) is 6. The number of hydrogen-bond donors (Lipinski definition) is 0. The molecule has 0 bridgehead atoms. The van der Waals surface area contributed by atoms with E-state index in [9.17, 15) is 10.1 Å². The fraction of sp³-hybridized carbons (Fsp3) is 0.207. The van der Waals surface area contributed by atoms with E-state index >= 15 is 0 Å². The summed E-state index contributed by atoms with van der Waals surface area (Å²) in [6, 6.07) is 15.1. The Balaban J connectivity index is 0.00000264. The lowest BCUT2D eigenvalue weighted by Crippen LogP contribution is -3.00. The van der Waals surface area contributed by atoms with E-state index in [1.54, 1.807) is 26.4 Å². The maximum atomic E-state index is 11.8. The molecule has 0 radical (unpaired) electrons. The number of aryl methyl sites for hydroxylation is 2. The molecular formula is C29H23BrN2O6. The SMILES string of the molecule is COc1ccc2c(c[n+]3c4c2cc(Cc2ccccc2[N+](=O)[O-])c2c5c(cc(c24)CC3)OCO5)c1OC.[Br-]. The smallest absolute Gasteiger partial charge is 0.272 e. The summed E-state index contributed by atoms with van der Waals surface area (Å²) in [6.45, 7) is 0.962. The van der Waals surface area contributed by atoms with Gasteiger partial charge in [0.2, 0.25) is 12.3 Å². The van der Waals surface area contributed by atoms with E-state index in [1.165, 1.54) is 5.56 Å². The largest absolute Gasteiger partial charge is 1.00 e. The third-order valence-corrected chi connectivity index (χ3v) is 7.51. The van der Waals surface area contributed by atoms with Crippen LogP contribution in [0.15, 0.2) is 54.7 Å². The molecule has 0 aliphatic carbocycles. The summed E-state index contributed by atoms with van der Waals surface area (Å²) in [4.78, 5) is 11.5. The Morgan fingerprint density at radius 3 is 2.61 bits per heavy atom. The van der Waals surface area contributed by atoms with E-state index in [0.29, 0.717) is 29.2 Å². The summed E-state index contributed by atoms with van der Waals surface area (Å²) < 4.78 is 25.4. The van der Waals surface area contributed by atoms with Crippen LogP contribution >= 0.6 is 0 Å². The van der Waals surface area contributed by atoms with E-state index in [2.05, 4.69) is 29.0 Å². The van der Waals surface area contributed by atoms with Gasteiger partial charge in [-0.05, 0) is 35.4 Å². The minimum atomic E-state index is -0.322. The molecule has 2 aliphatic rings. The highest BCUT2D eigenvalue weighted by atomic mass is 79.9. The standard InChI is InChI=1S/C29H23N2O6.BrH/c1-34-23-8-7-19-20-12-18(11-16-5-3-4-6-22(16)31(32)33)26-25-17(13-24-29(26)37-15-36-24)9-10-30(27(20)25)14-21(19)28(23)35-2;/h3-8,12-14H,9-11,15H2,1-2H3;1H/q+1;/p-1. The molecule has 38 heavy (non-hydrogen) atoms. The molecular weight excluding hydrogens is 552 g/mol. The number of ether oxygens (including phenoxy) is 4. The van der Waals surface area contributed by atoms with Gasteiger partial charge in [-0.25, -0.2) is 0 Å². The lowest BCUT2D eigenvalue weighted by Gasteiger charge is -2.20. The molecule has 3 heterocycles. The van der Waals surface area contributed by atoms with E-state index in [0.717, 1.165) is 56.7 Å². The summed E-state index contributed by atoms with van der Waals surface area (Å²) >= 11 is 0. The summed E-state index contributed by atoms with van der Waals surface area (Å²) in [7, 11) is 3.28. The van der Waals surface area contributed by atoms with Crippen molar-refractivity contribution >= 4 is 38.1 Å². The van der Waals surface area contributed by atoms with Gasteiger partial charge in [-0.2, -0.15) is 4.57 Å². The molecule has 0 unspecified atom stereocenters. The van der Waals surface area contributed by atoms with E-state index in [1.807, 2.05) is 18.2 Å². The van der Waals surface area contributed by atoms with Gasteiger partial charge in [0.25, 0.3) is 5.69 Å². The maximum absolute atomic E-state index is 11.8. The second-order valence-corrected chi connectivity index (χ2v) is 9.35. The zero-order chi connectivity index (χ0) is 25.3. The van der Waals surface area contributed by atoms with Crippen molar-refractivity contribution in [3.05, 3.63) is 81.5 Å². The molecule has 0 saturated carbocycles. The third kappa shape index (κ3) is 3.38. The van der Waals surface area contributed by atoms with Crippen molar-refractivity contribution in [3.63, 3.8) is 0 Å². The number of halogens is 1. The highest BCUT2D eigenvalue weighted by Crippen LogP contribution is 2.48. The normalized spacial score (nSPS) is 13.2. The molecule has 7 rings (SSSR count). The van der Waals surface area contributed by atoms with Crippen LogP contribution < -0.4 is 40.5 Å². The minimum Gasteiger partial charge on any atom is -1.00 e. The number of fused-ring (bicyclic) bond motifs is 4. The van der Waals surface area contributed by atoms with Crippen molar-refractivity contribution in [2.24, 2.45) is 0 Å². The molecule has 9 heteroatoms. The van der Waals surface area contributed by atoms with Gasteiger partial charge in [-0.15, -0.1) is 0 Å². The summed E-state index contributed by atoms with van der Waals surface area (Å²) in [6.07, 6.45) is 3.34. The zero-order valence-electron chi connectivity index (χ0n) is 20.7. The second-order valence-electron chi connectivity index (χ2n) is 9.35.